The normalized spacial score (nSPS) is 18.9. The standard InChI is InChI=1S/C19H25N7O2/c1-22-11-4-3-9-25(10-11)19-12-5-2-6-15(12)23-18(24-19)16-13(20)7-8-14(21)17(16)26(27)28/h7-8,11,22H,2-6,9-10,20-21H2,1H3. The molecule has 2 aliphatic rings. The molecule has 1 saturated heterocycles. The summed E-state index contributed by atoms with van der Waals surface area (Å²) in [6.07, 6.45) is 4.98. The van der Waals surface area contributed by atoms with Crippen LogP contribution in [0.25, 0.3) is 11.4 Å². The summed E-state index contributed by atoms with van der Waals surface area (Å²) in [6, 6.07) is 3.43. The second kappa shape index (κ2) is 7.23. The molecule has 148 valence electrons. The number of likely N-dealkylation sites (N-methyl/N-ethyl adjacent to an activating group) is 1. The number of nitrogen functional groups attached to an aromatic ring is 2. The maximum absolute atomic E-state index is 11.7. The molecule has 0 radical (unpaired) electrons. The Labute approximate surface area is 163 Å². The Morgan fingerprint density at radius 2 is 2.00 bits per heavy atom. The molecule has 2 aromatic rings. The predicted molar refractivity (Wildman–Crippen MR) is 109 cm³/mol. The monoisotopic (exact) mass is 383 g/mol. The number of hydrogen-bond donors (Lipinski definition) is 3. The number of benzene rings is 1. The van der Waals surface area contributed by atoms with Gasteiger partial charge in [0.05, 0.1) is 4.92 Å². The number of nitro benzene ring substituents is 1. The number of nitrogens with one attached hydrogen (secondary N) is 1. The van der Waals surface area contributed by atoms with Gasteiger partial charge in [0, 0.05) is 36.1 Å². The Balaban J connectivity index is 1.87. The van der Waals surface area contributed by atoms with Crippen LogP contribution in [0.1, 0.15) is 30.5 Å². The molecule has 1 atom stereocenters. The van der Waals surface area contributed by atoms with Crippen LogP contribution in [0.15, 0.2) is 12.1 Å². The van der Waals surface area contributed by atoms with Gasteiger partial charge in [0.1, 0.15) is 17.1 Å². The van der Waals surface area contributed by atoms with Crippen molar-refractivity contribution in [2.24, 2.45) is 0 Å². The van der Waals surface area contributed by atoms with E-state index < -0.39 is 4.92 Å². The van der Waals surface area contributed by atoms with Crippen molar-refractivity contribution in [2.45, 2.75) is 38.1 Å². The van der Waals surface area contributed by atoms with E-state index in [1.807, 2.05) is 7.05 Å². The first-order valence-electron chi connectivity index (χ1n) is 9.64. The van der Waals surface area contributed by atoms with Gasteiger partial charge in [-0.15, -0.1) is 0 Å². The summed E-state index contributed by atoms with van der Waals surface area (Å²) in [5.41, 5.74) is 14.4. The Hall–Kier alpha value is -2.94. The molecule has 1 aliphatic carbocycles. The quantitative estimate of drug-likeness (QED) is 0.414. The van der Waals surface area contributed by atoms with Crippen molar-refractivity contribution in [1.29, 1.82) is 0 Å². The molecule has 0 spiro atoms. The second-order valence-corrected chi connectivity index (χ2v) is 7.45. The minimum atomic E-state index is -0.505. The molecule has 1 aromatic carbocycles. The SMILES string of the molecule is CNC1CCCN(c2nc(-c3c(N)ccc(N)c3[N+](=O)[O-])nc3c2CCC3)C1. The zero-order valence-corrected chi connectivity index (χ0v) is 15.9. The molecular formula is C19H25N7O2. The fraction of sp³-hybridized carbons (Fsp3) is 0.474. The van der Waals surface area contributed by atoms with Crippen molar-refractivity contribution < 1.29 is 4.92 Å². The van der Waals surface area contributed by atoms with Crippen LogP contribution >= 0.6 is 0 Å². The number of hydrogen-bond acceptors (Lipinski definition) is 8. The summed E-state index contributed by atoms with van der Waals surface area (Å²) in [6.45, 7) is 1.77. The minimum Gasteiger partial charge on any atom is -0.398 e. The Bertz CT molecular complexity index is 931. The number of piperidine rings is 1. The molecule has 0 bridgehead atoms. The third kappa shape index (κ3) is 3.11. The van der Waals surface area contributed by atoms with E-state index in [2.05, 4.69) is 15.2 Å². The highest BCUT2D eigenvalue weighted by Gasteiger charge is 2.30. The van der Waals surface area contributed by atoms with Gasteiger partial charge < -0.3 is 21.7 Å². The fourth-order valence-corrected chi connectivity index (χ4v) is 4.25. The molecule has 2 heterocycles. The zero-order valence-electron chi connectivity index (χ0n) is 15.9. The molecule has 1 aliphatic heterocycles. The van der Waals surface area contributed by atoms with Crippen LogP contribution in [0.2, 0.25) is 0 Å². The summed E-state index contributed by atoms with van der Waals surface area (Å²) in [5, 5.41) is 15.0. The highest BCUT2D eigenvalue weighted by atomic mass is 16.6. The summed E-state index contributed by atoms with van der Waals surface area (Å²) in [4.78, 5) is 22.9. The van der Waals surface area contributed by atoms with Gasteiger partial charge in [-0.05, 0) is 51.3 Å². The number of anilines is 3. The highest BCUT2D eigenvalue weighted by Crippen LogP contribution is 2.40. The van der Waals surface area contributed by atoms with E-state index in [0.29, 0.717) is 11.9 Å². The first kappa shape index (κ1) is 18.4. The number of nitrogens with zero attached hydrogens (tertiary/aromatic N) is 4. The molecule has 0 saturated carbocycles. The number of aromatic nitrogens is 2. The van der Waals surface area contributed by atoms with Crippen LogP contribution in [-0.4, -0.2) is 41.1 Å². The van der Waals surface area contributed by atoms with Gasteiger partial charge in [-0.25, -0.2) is 9.97 Å². The molecule has 9 nitrogen and oxygen atoms in total. The summed E-state index contributed by atoms with van der Waals surface area (Å²) < 4.78 is 0. The molecule has 0 amide bonds. The first-order chi connectivity index (χ1) is 13.5. The topological polar surface area (TPSA) is 136 Å². The average Bonchev–Trinajstić information content (AvgIpc) is 3.17. The average molecular weight is 383 g/mol. The molecule has 1 unspecified atom stereocenters. The van der Waals surface area contributed by atoms with Crippen LogP contribution < -0.4 is 21.7 Å². The molecular weight excluding hydrogens is 358 g/mol. The predicted octanol–water partition coefficient (Wildman–Crippen LogP) is 1.89. The number of aryl methyl sites for hydroxylation is 1. The smallest absolute Gasteiger partial charge is 0.305 e. The Kier molecular flexibility index (Phi) is 4.76. The lowest BCUT2D eigenvalue weighted by Gasteiger charge is -2.34. The van der Waals surface area contributed by atoms with Crippen LogP contribution in [0, 0.1) is 10.1 Å². The first-order valence-corrected chi connectivity index (χ1v) is 9.64. The van der Waals surface area contributed by atoms with Gasteiger partial charge in [-0.1, -0.05) is 0 Å². The summed E-state index contributed by atoms with van der Waals surface area (Å²) in [7, 11) is 1.97. The molecule has 5 N–H and O–H groups in total. The molecule has 28 heavy (non-hydrogen) atoms. The Morgan fingerprint density at radius 3 is 2.75 bits per heavy atom. The lowest BCUT2D eigenvalue weighted by Crippen LogP contribution is -2.45. The van der Waals surface area contributed by atoms with Crippen LogP contribution in [-0.2, 0) is 12.8 Å². The number of nitrogens with two attached hydrogens (primary N) is 2. The molecule has 9 heteroatoms. The van der Waals surface area contributed by atoms with Gasteiger partial charge in [0.25, 0.3) is 0 Å². The van der Waals surface area contributed by atoms with Crippen molar-refractivity contribution in [3.05, 3.63) is 33.5 Å². The van der Waals surface area contributed by atoms with Crippen LogP contribution in [0.3, 0.4) is 0 Å². The van der Waals surface area contributed by atoms with Crippen molar-refractivity contribution in [3.8, 4) is 11.4 Å². The van der Waals surface area contributed by atoms with E-state index >= 15 is 0 Å². The third-order valence-corrected chi connectivity index (χ3v) is 5.69. The highest BCUT2D eigenvalue weighted by molar-refractivity contribution is 5.87. The largest absolute Gasteiger partial charge is 0.398 e. The maximum Gasteiger partial charge on any atom is 0.305 e. The maximum atomic E-state index is 11.7. The van der Waals surface area contributed by atoms with E-state index in [-0.39, 0.29) is 22.6 Å². The summed E-state index contributed by atoms with van der Waals surface area (Å²) >= 11 is 0. The number of fused-ring (bicyclic) bond motifs is 1. The van der Waals surface area contributed by atoms with Gasteiger partial charge in [-0.2, -0.15) is 0 Å². The van der Waals surface area contributed by atoms with Crippen molar-refractivity contribution in [3.63, 3.8) is 0 Å². The van der Waals surface area contributed by atoms with Crippen molar-refractivity contribution >= 4 is 22.9 Å². The van der Waals surface area contributed by atoms with E-state index in [9.17, 15) is 10.1 Å². The lowest BCUT2D eigenvalue weighted by molar-refractivity contribution is -0.383. The lowest BCUT2D eigenvalue weighted by atomic mass is 10.0. The van der Waals surface area contributed by atoms with Gasteiger partial charge >= 0.3 is 5.69 Å². The van der Waals surface area contributed by atoms with E-state index in [4.69, 9.17) is 16.5 Å². The van der Waals surface area contributed by atoms with Gasteiger partial charge in [-0.3, -0.25) is 10.1 Å². The third-order valence-electron chi connectivity index (χ3n) is 5.69. The molecule has 1 aromatic heterocycles. The molecule has 1 fully saturated rings. The van der Waals surface area contributed by atoms with Gasteiger partial charge in [0.2, 0.25) is 0 Å². The van der Waals surface area contributed by atoms with E-state index in [1.165, 1.54) is 6.07 Å². The van der Waals surface area contributed by atoms with Crippen molar-refractivity contribution in [1.82, 2.24) is 15.3 Å². The van der Waals surface area contributed by atoms with Gasteiger partial charge in [0.15, 0.2) is 5.82 Å². The Morgan fingerprint density at radius 1 is 1.21 bits per heavy atom. The fourth-order valence-electron chi connectivity index (χ4n) is 4.25. The summed E-state index contributed by atoms with van der Waals surface area (Å²) in [5.74, 6) is 1.17. The van der Waals surface area contributed by atoms with Crippen molar-refractivity contribution in [2.75, 3.05) is 36.5 Å². The van der Waals surface area contributed by atoms with Crippen LogP contribution in [0.5, 0.6) is 0 Å². The number of rotatable bonds is 4. The molecule has 4 rings (SSSR count). The second-order valence-electron chi connectivity index (χ2n) is 7.45. The minimum absolute atomic E-state index is 0.0630. The van der Waals surface area contributed by atoms with E-state index in [1.54, 1.807) is 6.07 Å². The van der Waals surface area contributed by atoms with Crippen LogP contribution in [0.4, 0.5) is 22.9 Å². The zero-order chi connectivity index (χ0) is 19.8. The number of nitro groups is 1. The van der Waals surface area contributed by atoms with E-state index in [0.717, 1.165) is 62.3 Å².